The lowest BCUT2D eigenvalue weighted by atomic mass is 10.1. The van der Waals surface area contributed by atoms with Crippen molar-refractivity contribution in [2.75, 3.05) is 13.1 Å². The number of hydrogen-bond acceptors (Lipinski definition) is 4. The van der Waals surface area contributed by atoms with Crippen LogP contribution in [0.1, 0.15) is 28.5 Å². The molecule has 3 heterocycles. The van der Waals surface area contributed by atoms with Crippen LogP contribution in [0.5, 0.6) is 5.75 Å². The van der Waals surface area contributed by atoms with Crippen molar-refractivity contribution in [1.29, 1.82) is 0 Å². The van der Waals surface area contributed by atoms with E-state index in [-0.39, 0.29) is 17.6 Å². The summed E-state index contributed by atoms with van der Waals surface area (Å²) in [6.45, 7) is 1.05. The molecule has 9 heteroatoms. The summed E-state index contributed by atoms with van der Waals surface area (Å²) in [7, 11) is 1.90. The van der Waals surface area contributed by atoms with Gasteiger partial charge in [0.2, 0.25) is 0 Å². The summed E-state index contributed by atoms with van der Waals surface area (Å²) in [4.78, 5) is 23.4. The van der Waals surface area contributed by atoms with Gasteiger partial charge in [-0.05, 0) is 42.8 Å². The Kier molecular flexibility index (Phi) is 4.44. The van der Waals surface area contributed by atoms with Crippen LogP contribution in [0, 0.1) is 0 Å². The fourth-order valence-electron chi connectivity index (χ4n) is 3.54. The van der Waals surface area contributed by atoms with Gasteiger partial charge in [0.1, 0.15) is 17.1 Å². The highest BCUT2D eigenvalue weighted by molar-refractivity contribution is 5.94. The van der Waals surface area contributed by atoms with E-state index in [1.54, 1.807) is 11.1 Å². The number of alkyl halides is 3. The monoisotopic (exact) mass is 390 g/mol. The number of nitrogens with zero attached hydrogens (tertiary/aromatic N) is 4. The molecule has 1 aliphatic heterocycles. The fourth-order valence-corrected chi connectivity index (χ4v) is 3.54. The molecule has 6 nitrogen and oxygen atoms in total. The van der Waals surface area contributed by atoms with Crippen LogP contribution in [0.4, 0.5) is 13.2 Å². The van der Waals surface area contributed by atoms with Crippen molar-refractivity contribution in [3.63, 3.8) is 0 Å². The van der Waals surface area contributed by atoms with Gasteiger partial charge < -0.3 is 14.2 Å². The summed E-state index contributed by atoms with van der Waals surface area (Å²) in [5.41, 5.74) is 1.93. The Labute approximate surface area is 158 Å². The lowest BCUT2D eigenvalue weighted by Gasteiger charge is -2.17. The zero-order valence-electron chi connectivity index (χ0n) is 15.0. The van der Waals surface area contributed by atoms with Gasteiger partial charge in [0.05, 0.1) is 0 Å². The number of likely N-dealkylation sites (tertiary alicyclic amines) is 1. The second-order valence-corrected chi connectivity index (χ2v) is 6.68. The van der Waals surface area contributed by atoms with Crippen molar-refractivity contribution < 1.29 is 22.7 Å². The Balaban J connectivity index is 1.47. The first-order valence-electron chi connectivity index (χ1n) is 8.74. The SMILES string of the molecule is Cn1c(C2CCN(C(=O)c3ccc(OC(F)(F)F)cc3)C2)nc2cccnc21. The Bertz CT molecular complexity index is 1010. The minimum Gasteiger partial charge on any atom is -0.406 e. The number of aromatic nitrogens is 3. The molecule has 0 aliphatic carbocycles. The molecule has 1 saturated heterocycles. The highest BCUT2D eigenvalue weighted by atomic mass is 19.4. The van der Waals surface area contributed by atoms with Gasteiger partial charge in [0.25, 0.3) is 5.91 Å². The highest BCUT2D eigenvalue weighted by Crippen LogP contribution is 2.30. The molecule has 0 saturated carbocycles. The third kappa shape index (κ3) is 3.51. The van der Waals surface area contributed by atoms with Gasteiger partial charge in [-0.25, -0.2) is 9.97 Å². The van der Waals surface area contributed by atoms with E-state index in [1.165, 1.54) is 12.1 Å². The van der Waals surface area contributed by atoms with E-state index in [0.29, 0.717) is 18.7 Å². The number of carbonyl (C=O) groups is 1. The molecule has 1 aliphatic rings. The average molecular weight is 390 g/mol. The molecule has 28 heavy (non-hydrogen) atoms. The predicted octanol–water partition coefficient (Wildman–Crippen LogP) is 3.50. The van der Waals surface area contributed by atoms with Crippen LogP contribution in [0.15, 0.2) is 42.6 Å². The van der Waals surface area contributed by atoms with Crippen molar-refractivity contribution in [3.05, 3.63) is 54.0 Å². The van der Waals surface area contributed by atoms with E-state index in [9.17, 15) is 18.0 Å². The van der Waals surface area contributed by atoms with Crippen molar-refractivity contribution in [3.8, 4) is 5.75 Å². The van der Waals surface area contributed by atoms with Crippen molar-refractivity contribution >= 4 is 17.1 Å². The second kappa shape index (κ2) is 6.81. The molecule has 0 spiro atoms. The lowest BCUT2D eigenvalue weighted by molar-refractivity contribution is -0.274. The number of imidazole rings is 1. The largest absolute Gasteiger partial charge is 0.573 e. The molecule has 2 aromatic heterocycles. The third-order valence-electron chi connectivity index (χ3n) is 4.84. The first-order chi connectivity index (χ1) is 13.3. The van der Waals surface area contributed by atoms with E-state index in [4.69, 9.17) is 0 Å². The number of halogens is 3. The number of hydrogen-bond donors (Lipinski definition) is 0. The second-order valence-electron chi connectivity index (χ2n) is 6.68. The number of carbonyl (C=O) groups excluding carboxylic acids is 1. The number of benzene rings is 1. The Hall–Kier alpha value is -3.10. The number of ether oxygens (including phenoxy) is 1. The number of pyridine rings is 1. The quantitative estimate of drug-likeness (QED) is 0.687. The summed E-state index contributed by atoms with van der Waals surface area (Å²) >= 11 is 0. The molecule has 0 N–H and O–H groups in total. The van der Waals surface area contributed by atoms with Crippen LogP contribution >= 0.6 is 0 Å². The maximum absolute atomic E-state index is 12.7. The molecule has 1 atom stereocenters. The topological polar surface area (TPSA) is 60.2 Å². The Morgan fingerprint density at radius 3 is 2.64 bits per heavy atom. The Morgan fingerprint density at radius 1 is 1.21 bits per heavy atom. The zero-order valence-corrected chi connectivity index (χ0v) is 15.0. The molecule has 146 valence electrons. The average Bonchev–Trinajstić information content (AvgIpc) is 3.26. The van der Waals surface area contributed by atoms with Crippen LogP contribution in [0.25, 0.3) is 11.2 Å². The van der Waals surface area contributed by atoms with Gasteiger partial charge in [-0.1, -0.05) is 0 Å². The zero-order chi connectivity index (χ0) is 19.9. The van der Waals surface area contributed by atoms with Crippen molar-refractivity contribution in [2.24, 2.45) is 7.05 Å². The molecule has 4 rings (SSSR count). The molecule has 1 unspecified atom stereocenters. The van der Waals surface area contributed by atoms with Crippen LogP contribution in [-0.4, -0.2) is 44.8 Å². The van der Waals surface area contributed by atoms with Crippen LogP contribution in [0.3, 0.4) is 0 Å². The minimum absolute atomic E-state index is 0.0796. The summed E-state index contributed by atoms with van der Waals surface area (Å²) < 4.78 is 42.5. The van der Waals surface area contributed by atoms with Crippen LogP contribution in [0.2, 0.25) is 0 Å². The maximum atomic E-state index is 12.7. The van der Waals surface area contributed by atoms with E-state index < -0.39 is 6.36 Å². The van der Waals surface area contributed by atoms with Gasteiger partial charge >= 0.3 is 6.36 Å². The molecule has 0 bridgehead atoms. The number of fused-ring (bicyclic) bond motifs is 1. The molecule has 1 amide bonds. The Morgan fingerprint density at radius 2 is 1.96 bits per heavy atom. The normalized spacial score (nSPS) is 17.3. The van der Waals surface area contributed by atoms with E-state index in [0.717, 1.165) is 35.5 Å². The predicted molar refractivity (Wildman–Crippen MR) is 94.9 cm³/mol. The van der Waals surface area contributed by atoms with Gasteiger partial charge in [-0.3, -0.25) is 4.79 Å². The number of rotatable bonds is 3. The maximum Gasteiger partial charge on any atom is 0.573 e. The standard InChI is InChI=1S/C19H17F3N4O2/c1-25-16(24-15-3-2-9-23-17(15)25)13-8-10-26(11-13)18(27)12-4-6-14(7-5-12)28-19(20,21)22/h2-7,9,13H,8,10-11H2,1H3. The van der Waals surface area contributed by atoms with Gasteiger partial charge in [0, 0.05) is 37.8 Å². The number of aryl methyl sites for hydroxylation is 1. The van der Waals surface area contributed by atoms with Gasteiger partial charge in [-0.15, -0.1) is 13.2 Å². The highest BCUT2D eigenvalue weighted by Gasteiger charge is 2.32. The summed E-state index contributed by atoms with van der Waals surface area (Å²) in [6, 6.07) is 8.70. The summed E-state index contributed by atoms with van der Waals surface area (Å²) in [6.07, 6.45) is -2.28. The first-order valence-corrected chi connectivity index (χ1v) is 8.74. The molecular formula is C19H17F3N4O2. The first kappa shape index (κ1) is 18.3. The van der Waals surface area contributed by atoms with E-state index in [1.807, 2.05) is 23.7 Å². The smallest absolute Gasteiger partial charge is 0.406 e. The third-order valence-corrected chi connectivity index (χ3v) is 4.84. The molecule has 1 fully saturated rings. The van der Waals surface area contributed by atoms with Gasteiger partial charge in [-0.2, -0.15) is 0 Å². The molecular weight excluding hydrogens is 373 g/mol. The lowest BCUT2D eigenvalue weighted by Crippen LogP contribution is -2.28. The van der Waals surface area contributed by atoms with Gasteiger partial charge in [0.15, 0.2) is 5.65 Å². The minimum atomic E-state index is -4.76. The van der Waals surface area contributed by atoms with Crippen LogP contribution < -0.4 is 4.74 Å². The van der Waals surface area contributed by atoms with Crippen molar-refractivity contribution in [1.82, 2.24) is 19.4 Å². The summed E-state index contributed by atoms with van der Waals surface area (Å²) in [5, 5.41) is 0. The van der Waals surface area contributed by atoms with E-state index in [2.05, 4.69) is 14.7 Å². The summed E-state index contributed by atoms with van der Waals surface area (Å²) in [5.74, 6) is 0.377. The molecule has 0 radical (unpaired) electrons. The van der Waals surface area contributed by atoms with Crippen molar-refractivity contribution in [2.45, 2.75) is 18.7 Å². The molecule has 3 aromatic rings. The number of amides is 1. The molecule has 1 aromatic carbocycles. The van der Waals surface area contributed by atoms with Crippen LogP contribution in [-0.2, 0) is 7.05 Å². The van der Waals surface area contributed by atoms with E-state index >= 15 is 0 Å². The fraction of sp³-hybridized carbons (Fsp3) is 0.316.